The monoisotopic (exact) mass is 181 g/mol. The molecule has 0 amide bonds. The Balaban J connectivity index is 2.74. The van der Waals surface area contributed by atoms with Crippen molar-refractivity contribution >= 4 is 11.8 Å². The number of hydrogen-bond donors (Lipinski definition) is 2. The summed E-state index contributed by atoms with van der Waals surface area (Å²) in [4.78, 5) is 15.0. The largest absolute Gasteiger partial charge is 0.462 e. The predicted molar refractivity (Wildman–Crippen MR) is 48.0 cm³/mol. The SMILES string of the molecule is CCOC(=O)c1ccc(NN)nc1. The third kappa shape index (κ3) is 2.41. The standard InChI is InChI=1S/C8H11N3O2/c1-2-13-8(12)6-3-4-7(11-9)10-5-6/h3-5H,2,9H2,1H3,(H,10,11). The zero-order valence-corrected chi connectivity index (χ0v) is 7.28. The number of rotatable bonds is 3. The third-order valence-corrected chi connectivity index (χ3v) is 1.42. The van der Waals surface area contributed by atoms with Crippen LogP contribution in [0.25, 0.3) is 0 Å². The summed E-state index contributed by atoms with van der Waals surface area (Å²) in [5, 5.41) is 0. The van der Waals surface area contributed by atoms with E-state index in [9.17, 15) is 4.79 Å². The fourth-order valence-electron chi connectivity index (χ4n) is 0.814. The van der Waals surface area contributed by atoms with Crippen LogP contribution in [-0.4, -0.2) is 17.6 Å². The number of anilines is 1. The van der Waals surface area contributed by atoms with Crippen LogP contribution < -0.4 is 11.3 Å². The average Bonchev–Trinajstić information content (AvgIpc) is 2.18. The fraction of sp³-hybridized carbons (Fsp3) is 0.250. The molecule has 1 aromatic rings. The van der Waals surface area contributed by atoms with Gasteiger partial charge in [-0.1, -0.05) is 0 Å². The third-order valence-electron chi connectivity index (χ3n) is 1.42. The molecule has 1 rings (SSSR count). The highest BCUT2D eigenvalue weighted by atomic mass is 16.5. The van der Waals surface area contributed by atoms with Gasteiger partial charge in [0.2, 0.25) is 0 Å². The molecule has 0 aliphatic heterocycles. The fourth-order valence-corrected chi connectivity index (χ4v) is 0.814. The molecule has 0 spiro atoms. The molecule has 0 saturated carbocycles. The molecule has 5 nitrogen and oxygen atoms in total. The minimum Gasteiger partial charge on any atom is -0.462 e. The summed E-state index contributed by atoms with van der Waals surface area (Å²) in [6, 6.07) is 3.20. The van der Waals surface area contributed by atoms with Gasteiger partial charge in [0.05, 0.1) is 12.2 Å². The molecule has 3 N–H and O–H groups in total. The molecule has 1 aromatic heterocycles. The molecule has 0 aliphatic rings. The number of nitrogens with two attached hydrogens (primary N) is 1. The Morgan fingerprint density at radius 3 is 2.92 bits per heavy atom. The summed E-state index contributed by atoms with van der Waals surface area (Å²) in [7, 11) is 0. The highest BCUT2D eigenvalue weighted by Gasteiger charge is 2.05. The van der Waals surface area contributed by atoms with Crippen molar-refractivity contribution in [3.8, 4) is 0 Å². The van der Waals surface area contributed by atoms with Crippen molar-refractivity contribution in [2.45, 2.75) is 6.92 Å². The van der Waals surface area contributed by atoms with Gasteiger partial charge >= 0.3 is 5.97 Å². The molecule has 0 unspecified atom stereocenters. The average molecular weight is 181 g/mol. The van der Waals surface area contributed by atoms with E-state index in [0.717, 1.165) is 0 Å². The molecular weight excluding hydrogens is 170 g/mol. The molecule has 0 radical (unpaired) electrons. The van der Waals surface area contributed by atoms with Crippen molar-refractivity contribution in [1.82, 2.24) is 4.98 Å². The van der Waals surface area contributed by atoms with Crippen molar-refractivity contribution < 1.29 is 9.53 Å². The van der Waals surface area contributed by atoms with Crippen LogP contribution >= 0.6 is 0 Å². The van der Waals surface area contributed by atoms with E-state index in [1.165, 1.54) is 6.20 Å². The lowest BCUT2D eigenvalue weighted by Gasteiger charge is -2.01. The minimum atomic E-state index is -0.376. The Morgan fingerprint density at radius 1 is 1.69 bits per heavy atom. The second-order valence-corrected chi connectivity index (χ2v) is 2.30. The molecule has 70 valence electrons. The van der Waals surface area contributed by atoms with Crippen LogP contribution in [0.5, 0.6) is 0 Å². The number of nitrogens with zero attached hydrogens (tertiary/aromatic N) is 1. The van der Waals surface area contributed by atoms with Gasteiger partial charge in [0, 0.05) is 6.20 Å². The van der Waals surface area contributed by atoms with Crippen molar-refractivity contribution in [2.24, 2.45) is 5.84 Å². The zero-order valence-electron chi connectivity index (χ0n) is 7.28. The normalized spacial score (nSPS) is 9.38. The van der Waals surface area contributed by atoms with Crippen LogP contribution in [0, 0.1) is 0 Å². The second-order valence-electron chi connectivity index (χ2n) is 2.30. The lowest BCUT2D eigenvalue weighted by molar-refractivity contribution is 0.0526. The number of ether oxygens (including phenoxy) is 1. The van der Waals surface area contributed by atoms with E-state index in [0.29, 0.717) is 18.0 Å². The van der Waals surface area contributed by atoms with Crippen molar-refractivity contribution in [3.63, 3.8) is 0 Å². The Labute approximate surface area is 75.9 Å². The van der Waals surface area contributed by atoms with Crippen LogP contribution in [-0.2, 0) is 4.74 Å². The highest BCUT2D eigenvalue weighted by Crippen LogP contribution is 2.04. The lowest BCUT2D eigenvalue weighted by Crippen LogP contribution is -2.10. The molecule has 0 aromatic carbocycles. The molecule has 0 aliphatic carbocycles. The van der Waals surface area contributed by atoms with Crippen LogP contribution in [0.3, 0.4) is 0 Å². The van der Waals surface area contributed by atoms with Gasteiger partial charge in [0.15, 0.2) is 0 Å². The smallest absolute Gasteiger partial charge is 0.339 e. The van der Waals surface area contributed by atoms with Gasteiger partial charge < -0.3 is 10.2 Å². The van der Waals surface area contributed by atoms with Gasteiger partial charge in [-0.05, 0) is 19.1 Å². The van der Waals surface area contributed by atoms with Gasteiger partial charge in [-0.3, -0.25) is 0 Å². The molecular formula is C8H11N3O2. The maximum atomic E-state index is 11.1. The predicted octanol–water partition coefficient (Wildman–Crippen LogP) is 0.544. The summed E-state index contributed by atoms with van der Waals surface area (Å²) >= 11 is 0. The summed E-state index contributed by atoms with van der Waals surface area (Å²) in [5.41, 5.74) is 2.78. The van der Waals surface area contributed by atoms with Gasteiger partial charge in [-0.2, -0.15) is 0 Å². The summed E-state index contributed by atoms with van der Waals surface area (Å²) < 4.78 is 4.77. The summed E-state index contributed by atoms with van der Waals surface area (Å²) in [6.07, 6.45) is 1.41. The Bertz CT molecular complexity index is 284. The number of carbonyl (C=O) groups excluding carboxylic acids is 1. The summed E-state index contributed by atoms with van der Waals surface area (Å²) in [6.45, 7) is 2.11. The Kier molecular flexibility index (Phi) is 3.22. The van der Waals surface area contributed by atoms with E-state index >= 15 is 0 Å². The number of carbonyl (C=O) groups is 1. The van der Waals surface area contributed by atoms with Gasteiger partial charge in [-0.15, -0.1) is 0 Å². The maximum absolute atomic E-state index is 11.1. The van der Waals surface area contributed by atoms with Gasteiger partial charge in [0.1, 0.15) is 5.82 Å². The summed E-state index contributed by atoms with van der Waals surface area (Å²) in [5.74, 6) is 5.24. The maximum Gasteiger partial charge on any atom is 0.339 e. The van der Waals surface area contributed by atoms with Gasteiger partial charge in [-0.25, -0.2) is 15.6 Å². The van der Waals surface area contributed by atoms with E-state index < -0.39 is 0 Å². The van der Waals surface area contributed by atoms with Gasteiger partial charge in [0.25, 0.3) is 0 Å². The first-order chi connectivity index (χ1) is 6.27. The number of hydrogen-bond acceptors (Lipinski definition) is 5. The minimum absolute atomic E-state index is 0.357. The van der Waals surface area contributed by atoms with Crippen molar-refractivity contribution in [1.29, 1.82) is 0 Å². The van der Waals surface area contributed by atoms with E-state index in [1.54, 1.807) is 19.1 Å². The Hall–Kier alpha value is -1.62. The van der Waals surface area contributed by atoms with E-state index in [2.05, 4.69) is 10.4 Å². The topological polar surface area (TPSA) is 77.2 Å². The first-order valence-corrected chi connectivity index (χ1v) is 3.87. The number of nitrogens with one attached hydrogen (secondary N) is 1. The number of nitrogen functional groups attached to an aromatic ring is 1. The number of hydrazine groups is 1. The van der Waals surface area contributed by atoms with E-state index in [-0.39, 0.29) is 5.97 Å². The van der Waals surface area contributed by atoms with E-state index in [4.69, 9.17) is 10.6 Å². The number of pyridine rings is 1. The quantitative estimate of drug-likeness (QED) is 0.404. The molecule has 0 fully saturated rings. The number of esters is 1. The molecule has 0 bridgehead atoms. The molecule has 1 heterocycles. The second kappa shape index (κ2) is 4.42. The highest BCUT2D eigenvalue weighted by molar-refractivity contribution is 5.89. The van der Waals surface area contributed by atoms with Crippen LogP contribution in [0.4, 0.5) is 5.82 Å². The molecule has 5 heteroatoms. The van der Waals surface area contributed by atoms with Crippen LogP contribution in [0.2, 0.25) is 0 Å². The lowest BCUT2D eigenvalue weighted by atomic mass is 10.3. The Morgan fingerprint density at radius 2 is 2.46 bits per heavy atom. The number of aromatic nitrogens is 1. The first-order valence-electron chi connectivity index (χ1n) is 3.87. The van der Waals surface area contributed by atoms with Crippen LogP contribution in [0.15, 0.2) is 18.3 Å². The molecule has 0 atom stereocenters. The molecule has 13 heavy (non-hydrogen) atoms. The first kappa shape index (κ1) is 9.47. The molecule has 0 saturated heterocycles. The van der Waals surface area contributed by atoms with Crippen LogP contribution in [0.1, 0.15) is 17.3 Å². The van der Waals surface area contributed by atoms with E-state index in [1.807, 2.05) is 0 Å². The van der Waals surface area contributed by atoms with Crippen molar-refractivity contribution in [2.75, 3.05) is 12.0 Å². The van der Waals surface area contributed by atoms with Crippen molar-refractivity contribution in [3.05, 3.63) is 23.9 Å². The zero-order chi connectivity index (χ0) is 9.68.